The van der Waals surface area contributed by atoms with Crippen molar-refractivity contribution in [1.82, 2.24) is 5.32 Å². The van der Waals surface area contributed by atoms with E-state index in [-0.39, 0.29) is 22.4 Å². The fourth-order valence-electron chi connectivity index (χ4n) is 6.55. The number of carbonyl (C=O) groups is 1. The minimum Gasteiger partial charge on any atom is -0.325 e. The number of hydrogen-bond donors (Lipinski definition) is 2. The Morgan fingerprint density at radius 2 is 1.77 bits per heavy atom. The van der Waals surface area contributed by atoms with Gasteiger partial charge in [0.25, 0.3) is 0 Å². The Balaban J connectivity index is 1.79. The van der Waals surface area contributed by atoms with Crippen molar-refractivity contribution < 1.29 is 9.18 Å². The van der Waals surface area contributed by atoms with Crippen LogP contribution in [0.5, 0.6) is 0 Å². The van der Waals surface area contributed by atoms with E-state index in [2.05, 4.69) is 31.4 Å². The molecule has 2 heterocycles. The van der Waals surface area contributed by atoms with E-state index in [1.165, 1.54) is 0 Å². The Labute approximate surface area is 192 Å². The van der Waals surface area contributed by atoms with Gasteiger partial charge in [0, 0.05) is 28.2 Å². The summed E-state index contributed by atoms with van der Waals surface area (Å²) in [7, 11) is 0. The zero-order chi connectivity index (χ0) is 22.2. The first-order valence-corrected chi connectivity index (χ1v) is 11.7. The predicted octanol–water partition coefficient (Wildman–Crippen LogP) is 6.44. The van der Waals surface area contributed by atoms with Gasteiger partial charge in [-0.1, -0.05) is 55.2 Å². The zero-order valence-electron chi connectivity index (χ0n) is 18.0. The number of rotatable bonds is 1. The Morgan fingerprint density at radius 3 is 2.48 bits per heavy atom. The van der Waals surface area contributed by atoms with Gasteiger partial charge in [0.05, 0.1) is 5.02 Å². The lowest BCUT2D eigenvalue weighted by Crippen LogP contribution is -2.61. The van der Waals surface area contributed by atoms with Gasteiger partial charge in [-0.2, -0.15) is 0 Å². The molecule has 2 aliphatic heterocycles. The van der Waals surface area contributed by atoms with Crippen LogP contribution >= 0.6 is 23.2 Å². The Hall–Kier alpha value is -1.62. The molecule has 2 spiro atoms. The summed E-state index contributed by atoms with van der Waals surface area (Å²) < 4.78 is 15.4. The lowest BCUT2D eigenvalue weighted by molar-refractivity contribution is -0.124. The van der Waals surface area contributed by atoms with Crippen LogP contribution in [0.25, 0.3) is 0 Å². The van der Waals surface area contributed by atoms with Gasteiger partial charge in [0.2, 0.25) is 5.91 Å². The molecule has 2 fully saturated rings. The quantitative estimate of drug-likeness (QED) is 0.514. The topological polar surface area (TPSA) is 41.1 Å². The lowest BCUT2D eigenvalue weighted by Gasteiger charge is -2.50. The molecule has 2 N–H and O–H groups in total. The number of amides is 1. The first kappa shape index (κ1) is 21.2. The fraction of sp³-hybridized carbons (Fsp3) is 0.480. The van der Waals surface area contributed by atoms with Crippen molar-refractivity contribution in [2.24, 2.45) is 5.41 Å². The third-order valence-corrected chi connectivity index (χ3v) is 8.54. The second-order valence-corrected chi connectivity index (χ2v) is 11.1. The van der Waals surface area contributed by atoms with Crippen LogP contribution in [0.15, 0.2) is 36.4 Å². The predicted molar refractivity (Wildman–Crippen MR) is 123 cm³/mol. The number of fused-ring (bicyclic) bond motifs is 3. The number of anilines is 1. The molecule has 1 saturated heterocycles. The van der Waals surface area contributed by atoms with Crippen LogP contribution in [-0.4, -0.2) is 17.5 Å². The third-order valence-electron chi connectivity index (χ3n) is 8.01. The van der Waals surface area contributed by atoms with Gasteiger partial charge >= 0.3 is 0 Å². The first-order chi connectivity index (χ1) is 14.6. The fourth-order valence-corrected chi connectivity index (χ4v) is 6.91. The number of hydrogen-bond acceptors (Lipinski definition) is 2. The van der Waals surface area contributed by atoms with Crippen molar-refractivity contribution in [3.8, 4) is 0 Å². The number of carbonyl (C=O) groups excluding carboxylic acids is 1. The van der Waals surface area contributed by atoms with E-state index in [0.717, 1.165) is 36.9 Å². The van der Waals surface area contributed by atoms with Crippen LogP contribution in [0.2, 0.25) is 10.0 Å². The molecule has 6 heteroatoms. The molecular formula is C25H27Cl2FN2O. The van der Waals surface area contributed by atoms with Gasteiger partial charge < -0.3 is 10.6 Å². The molecule has 0 aromatic heterocycles. The summed E-state index contributed by atoms with van der Waals surface area (Å²) in [6.45, 7) is 6.62. The maximum atomic E-state index is 15.4. The maximum absolute atomic E-state index is 15.4. The standard InChI is InChI=1S/C25H27Cl2FN2O/c1-14-20(16-5-4-6-18(27)21(16)28)25(24(30-14)11-9-23(2,3)10-12-24)17-8-7-15(26)13-19(17)29-22(25)31/h4-8,13-14,20,30H,9-12H2,1-3H3,(H,29,31)/t14-,20+,25+/m0/s1. The average molecular weight is 461 g/mol. The van der Waals surface area contributed by atoms with Gasteiger partial charge in [-0.25, -0.2) is 4.39 Å². The van der Waals surface area contributed by atoms with Crippen LogP contribution in [0.1, 0.15) is 63.5 Å². The van der Waals surface area contributed by atoms with Crippen molar-refractivity contribution in [2.45, 2.75) is 69.4 Å². The highest BCUT2D eigenvalue weighted by Gasteiger charge is 2.71. The van der Waals surface area contributed by atoms with E-state index in [0.29, 0.717) is 10.6 Å². The van der Waals surface area contributed by atoms with Gasteiger partial charge in [-0.15, -0.1) is 0 Å². The van der Waals surface area contributed by atoms with Gasteiger partial charge in [0.15, 0.2) is 0 Å². The van der Waals surface area contributed by atoms with Crippen LogP contribution in [0.4, 0.5) is 10.1 Å². The molecule has 31 heavy (non-hydrogen) atoms. The lowest BCUT2D eigenvalue weighted by atomic mass is 9.53. The van der Waals surface area contributed by atoms with Crippen LogP contribution in [0, 0.1) is 11.2 Å². The smallest absolute Gasteiger partial charge is 0.237 e. The van der Waals surface area contributed by atoms with Crippen molar-refractivity contribution in [1.29, 1.82) is 0 Å². The third kappa shape index (κ3) is 2.84. The molecule has 3 atom stereocenters. The molecular weight excluding hydrogens is 434 g/mol. The molecule has 2 aromatic rings. The van der Waals surface area contributed by atoms with E-state index in [1.54, 1.807) is 24.3 Å². The minimum atomic E-state index is -0.936. The molecule has 164 valence electrons. The normalized spacial score (nSPS) is 30.6. The summed E-state index contributed by atoms with van der Waals surface area (Å²) in [4.78, 5) is 14.0. The maximum Gasteiger partial charge on any atom is 0.237 e. The van der Waals surface area contributed by atoms with Crippen LogP contribution in [0.3, 0.4) is 0 Å². The monoisotopic (exact) mass is 460 g/mol. The highest BCUT2D eigenvalue weighted by Crippen LogP contribution is 2.63. The first-order valence-electron chi connectivity index (χ1n) is 10.9. The van der Waals surface area contributed by atoms with Crippen LogP contribution in [-0.2, 0) is 10.2 Å². The molecule has 0 unspecified atom stereocenters. The van der Waals surface area contributed by atoms with Gasteiger partial charge in [-0.3, -0.25) is 4.79 Å². The number of benzene rings is 2. The van der Waals surface area contributed by atoms with Crippen LogP contribution < -0.4 is 10.6 Å². The second kappa shape index (κ2) is 6.94. The van der Waals surface area contributed by atoms with E-state index in [4.69, 9.17) is 23.2 Å². The Bertz CT molecular complexity index is 1080. The zero-order valence-corrected chi connectivity index (χ0v) is 19.5. The Morgan fingerprint density at radius 1 is 1.06 bits per heavy atom. The minimum absolute atomic E-state index is 0.0781. The van der Waals surface area contributed by atoms with Crippen molar-refractivity contribution in [3.63, 3.8) is 0 Å². The summed E-state index contributed by atoms with van der Waals surface area (Å²) in [5.74, 6) is -0.911. The molecule has 3 nitrogen and oxygen atoms in total. The molecule has 1 aliphatic carbocycles. The SMILES string of the molecule is C[C@@H]1NC2(CCC(C)(C)CC2)[C@@]2(C(=O)Nc3cc(Cl)ccc32)[C@H]1c1cccc(Cl)c1F. The largest absolute Gasteiger partial charge is 0.325 e. The molecule has 1 amide bonds. The summed E-state index contributed by atoms with van der Waals surface area (Å²) in [5, 5.41) is 7.57. The molecule has 5 rings (SSSR count). The molecule has 3 aliphatic rings. The molecule has 1 saturated carbocycles. The highest BCUT2D eigenvalue weighted by atomic mass is 35.5. The van der Waals surface area contributed by atoms with Crippen molar-refractivity contribution in [3.05, 3.63) is 63.4 Å². The molecule has 0 radical (unpaired) electrons. The van der Waals surface area contributed by atoms with Gasteiger partial charge in [-0.05, 0) is 67.3 Å². The average Bonchev–Trinajstić information content (AvgIpc) is 3.13. The van der Waals surface area contributed by atoms with E-state index in [1.807, 2.05) is 12.1 Å². The summed E-state index contributed by atoms with van der Waals surface area (Å²) in [6, 6.07) is 10.6. The number of nitrogens with one attached hydrogen (secondary N) is 2. The van der Waals surface area contributed by atoms with Crippen molar-refractivity contribution in [2.75, 3.05) is 5.32 Å². The van der Waals surface area contributed by atoms with Crippen molar-refractivity contribution >= 4 is 34.8 Å². The highest BCUT2D eigenvalue weighted by molar-refractivity contribution is 6.31. The summed E-state index contributed by atoms with van der Waals surface area (Å²) in [5.41, 5.74) is 0.938. The summed E-state index contributed by atoms with van der Waals surface area (Å²) >= 11 is 12.5. The second-order valence-electron chi connectivity index (χ2n) is 10.3. The Kier molecular flexibility index (Phi) is 4.75. The number of halogens is 3. The molecule has 0 bridgehead atoms. The van der Waals surface area contributed by atoms with E-state index >= 15 is 4.39 Å². The van der Waals surface area contributed by atoms with E-state index in [9.17, 15) is 4.79 Å². The summed E-state index contributed by atoms with van der Waals surface area (Å²) in [6.07, 6.45) is 3.68. The molecule has 2 aromatic carbocycles. The van der Waals surface area contributed by atoms with Gasteiger partial charge in [0.1, 0.15) is 11.2 Å². The van der Waals surface area contributed by atoms with E-state index < -0.39 is 22.7 Å².